The van der Waals surface area contributed by atoms with Crippen molar-refractivity contribution in [2.45, 2.75) is 24.2 Å². The summed E-state index contributed by atoms with van der Waals surface area (Å²) in [5.74, 6) is -0.370. The van der Waals surface area contributed by atoms with Crippen molar-refractivity contribution >= 4 is 27.5 Å². The Kier molecular flexibility index (Phi) is 6.40. The molecule has 0 bridgehead atoms. The number of hydrogen-bond acceptors (Lipinski definition) is 4. The number of nitrogens with one attached hydrogen (secondary N) is 1. The molecule has 1 fully saturated rings. The number of nitrogens with zero attached hydrogens (tertiary/aromatic N) is 2. The van der Waals surface area contributed by atoms with E-state index in [1.807, 2.05) is 18.2 Å². The minimum Gasteiger partial charge on any atom is -0.336 e. The van der Waals surface area contributed by atoms with Gasteiger partial charge in [-0.05, 0) is 78.9 Å². The van der Waals surface area contributed by atoms with Crippen molar-refractivity contribution in [2.75, 3.05) is 31.5 Å². The van der Waals surface area contributed by atoms with Crippen LogP contribution < -0.4 is 5.32 Å². The summed E-state index contributed by atoms with van der Waals surface area (Å²) in [5.41, 5.74) is 4.02. The molecule has 2 aliphatic rings. The van der Waals surface area contributed by atoms with E-state index in [9.17, 15) is 18.0 Å². The quantitative estimate of drug-likeness (QED) is 0.594. The highest BCUT2D eigenvalue weighted by Gasteiger charge is 2.31. The fraction of sp³-hybridized carbons (Fsp3) is 0.259. The summed E-state index contributed by atoms with van der Waals surface area (Å²) in [6.45, 7) is 1.18. The third-order valence-corrected chi connectivity index (χ3v) is 8.55. The second-order valence-corrected chi connectivity index (χ2v) is 10.8. The fourth-order valence-electron chi connectivity index (χ4n) is 4.66. The molecule has 0 aromatic heterocycles. The number of carbonyl (C=O) groups is 2. The van der Waals surface area contributed by atoms with Gasteiger partial charge in [0.15, 0.2) is 0 Å². The largest absolute Gasteiger partial charge is 0.336 e. The van der Waals surface area contributed by atoms with Crippen LogP contribution in [-0.2, 0) is 22.9 Å². The molecule has 5 rings (SSSR count). The van der Waals surface area contributed by atoms with Crippen LogP contribution in [0.25, 0.3) is 0 Å². The number of benzene rings is 3. The van der Waals surface area contributed by atoms with Crippen LogP contribution >= 0.6 is 0 Å². The predicted molar refractivity (Wildman–Crippen MR) is 134 cm³/mol. The van der Waals surface area contributed by atoms with Crippen LogP contribution in [0.1, 0.15) is 38.3 Å². The molecule has 1 aliphatic heterocycles. The molecule has 2 amide bonds. The molecule has 0 saturated carbocycles. The molecule has 3 aromatic carbocycles. The number of amides is 2. The summed E-state index contributed by atoms with van der Waals surface area (Å²) >= 11 is 0. The molecule has 1 aliphatic carbocycles. The molecule has 0 atom stereocenters. The number of anilines is 1. The number of rotatable bonds is 5. The lowest BCUT2D eigenvalue weighted by Crippen LogP contribution is -2.50. The minimum absolute atomic E-state index is 0.152. The molecule has 1 heterocycles. The first-order chi connectivity index (χ1) is 16.9. The van der Waals surface area contributed by atoms with E-state index in [2.05, 4.69) is 5.32 Å². The van der Waals surface area contributed by atoms with Gasteiger partial charge >= 0.3 is 0 Å². The van der Waals surface area contributed by atoms with Gasteiger partial charge in [0.2, 0.25) is 10.0 Å². The van der Waals surface area contributed by atoms with E-state index in [0.717, 1.165) is 24.8 Å². The van der Waals surface area contributed by atoms with Crippen molar-refractivity contribution in [1.29, 1.82) is 0 Å². The highest BCUT2D eigenvalue weighted by Crippen LogP contribution is 2.27. The van der Waals surface area contributed by atoms with Crippen molar-refractivity contribution in [2.24, 2.45) is 0 Å². The second-order valence-electron chi connectivity index (χ2n) is 8.88. The molecule has 0 radical (unpaired) electrons. The van der Waals surface area contributed by atoms with Crippen molar-refractivity contribution in [3.63, 3.8) is 0 Å². The SMILES string of the molecule is O=C(Nc1ccc(C(=O)N2CCN(S(=O)(=O)c3ccc4c(c3)CCC4)CC2)cc1)c1ccccc1. The van der Waals surface area contributed by atoms with Crippen LogP contribution in [0.4, 0.5) is 5.69 Å². The lowest BCUT2D eigenvalue weighted by atomic mass is 10.1. The maximum absolute atomic E-state index is 13.1. The van der Waals surface area contributed by atoms with Gasteiger partial charge in [0, 0.05) is 43.0 Å². The number of fused-ring (bicyclic) bond motifs is 1. The first-order valence-electron chi connectivity index (χ1n) is 11.8. The molecule has 1 saturated heterocycles. The number of piperazine rings is 1. The van der Waals surface area contributed by atoms with Crippen molar-refractivity contribution in [3.8, 4) is 0 Å². The molecular formula is C27H27N3O4S. The monoisotopic (exact) mass is 489 g/mol. The first-order valence-corrected chi connectivity index (χ1v) is 13.2. The zero-order chi connectivity index (χ0) is 24.4. The van der Waals surface area contributed by atoms with Gasteiger partial charge in [-0.15, -0.1) is 0 Å². The molecular weight excluding hydrogens is 462 g/mol. The highest BCUT2D eigenvalue weighted by atomic mass is 32.2. The Bertz CT molecular complexity index is 1350. The van der Waals surface area contributed by atoms with E-state index in [1.165, 1.54) is 9.87 Å². The van der Waals surface area contributed by atoms with Gasteiger partial charge in [-0.1, -0.05) is 24.3 Å². The van der Waals surface area contributed by atoms with E-state index >= 15 is 0 Å². The summed E-state index contributed by atoms with van der Waals surface area (Å²) in [7, 11) is -3.58. The van der Waals surface area contributed by atoms with E-state index in [1.54, 1.807) is 59.5 Å². The normalized spacial score (nSPS) is 16.1. The number of sulfonamides is 1. The third kappa shape index (κ3) is 4.85. The standard InChI is InChI=1S/C27H27N3O4S/c31-26(21-5-2-1-3-6-21)28-24-12-9-22(10-13-24)27(32)29-15-17-30(18-16-29)35(33,34)25-14-11-20-7-4-8-23(20)19-25/h1-3,5-6,9-14,19H,4,7-8,15-18H2,(H,28,31). The van der Waals surface area contributed by atoms with E-state index < -0.39 is 10.0 Å². The lowest BCUT2D eigenvalue weighted by molar-refractivity contribution is 0.0698. The molecule has 0 unspecified atom stereocenters. The number of hydrogen-bond donors (Lipinski definition) is 1. The Morgan fingerprint density at radius 2 is 1.43 bits per heavy atom. The molecule has 35 heavy (non-hydrogen) atoms. The summed E-state index contributed by atoms with van der Waals surface area (Å²) in [6, 6.07) is 21.1. The topological polar surface area (TPSA) is 86.8 Å². The number of carbonyl (C=O) groups excluding carboxylic acids is 2. The Morgan fingerprint density at radius 3 is 2.14 bits per heavy atom. The van der Waals surface area contributed by atoms with Crippen LogP contribution in [0.2, 0.25) is 0 Å². The first kappa shape index (κ1) is 23.3. The highest BCUT2D eigenvalue weighted by molar-refractivity contribution is 7.89. The third-order valence-electron chi connectivity index (χ3n) is 6.66. The zero-order valence-corrected chi connectivity index (χ0v) is 20.1. The van der Waals surface area contributed by atoms with E-state index in [0.29, 0.717) is 34.8 Å². The fourth-order valence-corrected chi connectivity index (χ4v) is 6.13. The Morgan fingerprint density at radius 1 is 0.743 bits per heavy atom. The van der Waals surface area contributed by atoms with E-state index in [4.69, 9.17) is 0 Å². The predicted octanol–water partition coefficient (Wildman–Crippen LogP) is 3.57. The van der Waals surface area contributed by atoms with Gasteiger partial charge < -0.3 is 10.2 Å². The van der Waals surface area contributed by atoms with Crippen LogP contribution in [0.15, 0.2) is 77.7 Å². The Labute approximate surface area is 205 Å². The van der Waals surface area contributed by atoms with Gasteiger partial charge in [-0.3, -0.25) is 9.59 Å². The van der Waals surface area contributed by atoms with Crippen LogP contribution in [0.3, 0.4) is 0 Å². The molecule has 180 valence electrons. The molecule has 7 nitrogen and oxygen atoms in total. The molecule has 8 heteroatoms. The van der Waals surface area contributed by atoms with Crippen molar-refractivity contribution in [1.82, 2.24) is 9.21 Å². The minimum atomic E-state index is -3.58. The van der Waals surface area contributed by atoms with Gasteiger partial charge in [-0.2, -0.15) is 4.31 Å². The Hall–Kier alpha value is -3.49. The lowest BCUT2D eigenvalue weighted by Gasteiger charge is -2.34. The molecule has 1 N–H and O–H groups in total. The van der Waals surface area contributed by atoms with Gasteiger partial charge in [0.05, 0.1) is 4.90 Å². The summed E-state index contributed by atoms with van der Waals surface area (Å²) in [5, 5.41) is 2.82. The van der Waals surface area contributed by atoms with Crippen molar-refractivity contribution in [3.05, 3.63) is 95.1 Å². The van der Waals surface area contributed by atoms with Crippen LogP contribution in [0, 0.1) is 0 Å². The smallest absolute Gasteiger partial charge is 0.255 e. The van der Waals surface area contributed by atoms with Gasteiger partial charge in [0.25, 0.3) is 11.8 Å². The summed E-state index contributed by atoms with van der Waals surface area (Å²) < 4.78 is 27.8. The zero-order valence-electron chi connectivity index (χ0n) is 19.3. The summed E-state index contributed by atoms with van der Waals surface area (Å²) in [6.07, 6.45) is 3.01. The molecule has 3 aromatic rings. The van der Waals surface area contributed by atoms with Gasteiger partial charge in [-0.25, -0.2) is 8.42 Å². The molecule has 0 spiro atoms. The Balaban J connectivity index is 1.19. The number of aryl methyl sites for hydroxylation is 2. The maximum atomic E-state index is 13.1. The van der Waals surface area contributed by atoms with E-state index in [-0.39, 0.29) is 24.9 Å². The average Bonchev–Trinajstić information content (AvgIpc) is 3.37. The maximum Gasteiger partial charge on any atom is 0.255 e. The van der Waals surface area contributed by atoms with Crippen LogP contribution in [-0.4, -0.2) is 55.6 Å². The average molecular weight is 490 g/mol. The summed E-state index contributed by atoms with van der Waals surface area (Å²) in [4.78, 5) is 27.3. The second kappa shape index (κ2) is 9.64. The van der Waals surface area contributed by atoms with Gasteiger partial charge in [0.1, 0.15) is 0 Å². The van der Waals surface area contributed by atoms with Crippen molar-refractivity contribution < 1.29 is 18.0 Å². The van der Waals surface area contributed by atoms with Crippen LogP contribution in [0.5, 0.6) is 0 Å².